The van der Waals surface area contributed by atoms with Crippen LogP contribution < -0.4 is 21.8 Å². The van der Waals surface area contributed by atoms with Crippen LogP contribution in [0.25, 0.3) is 5.69 Å². The summed E-state index contributed by atoms with van der Waals surface area (Å²) >= 11 is 5.75. The molecule has 0 aliphatic carbocycles. The van der Waals surface area contributed by atoms with Crippen molar-refractivity contribution in [2.75, 3.05) is 0 Å². The highest BCUT2D eigenvalue weighted by Crippen LogP contribution is 2.38. The largest absolute Gasteiger partial charge is 0.459 e. The van der Waals surface area contributed by atoms with Crippen LogP contribution in [0.5, 0.6) is 11.5 Å². The van der Waals surface area contributed by atoms with E-state index in [2.05, 4.69) is 0 Å². The van der Waals surface area contributed by atoms with Gasteiger partial charge in [-0.3, -0.25) is 4.79 Å². The molecule has 2 aromatic carbocycles. The Balaban J connectivity index is 2.12. The predicted octanol–water partition coefficient (Wildman–Crippen LogP) is 3.78. The van der Waals surface area contributed by atoms with E-state index in [9.17, 15) is 41.1 Å². The van der Waals surface area contributed by atoms with Crippen molar-refractivity contribution in [3.05, 3.63) is 84.0 Å². The van der Waals surface area contributed by atoms with Crippen molar-refractivity contribution in [1.29, 1.82) is 0 Å². The molecule has 0 radical (unpaired) electrons. The van der Waals surface area contributed by atoms with Crippen molar-refractivity contribution in [2.24, 2.45) is 7.05 Å². The van der Waals surface area contributed by atoms with E-state index >= 15 is 0 Å². The van der Waals surface area contributed by atoms with Crippen LogP contribution in [0.3, 0.4) is 0 Å². The molecule has 0 saturated carbocycles. The first-order valence-corrected chi connectivity index (χ1v) is 11.0. The maximum Gasteiger partial charge on any atom is 0.416 e. The van der Waals surface area contributed by atoms with E-state index in [-0.39, 0.29) is 10.6 Å². The van der Waals surface area contributed by atoms with Gasteiger partial charge < -0.3 is 9.47 Å². The van der Waals surface area contributed by atoms with E-state index in [4.69, 9.17) is 21.1 Å². The Morgan fingerprint density at radius 3 is 2.13 bits per heavy atom. The normalized spacial score (nSPS) is 11.9. The fourth-order valence-electron chi connectivity index (χ4n) is 3.21. The lowest BCUT2D eigenvalue weighted by atomic mass is 10.2. The molecule has 0 atom stereocenters. The van der Waals surface area contributed by atoms with E-state index in [1.807, 2.05) is 0 Å². The Kier molecular flexibility index (Phi) is 7.59. The molecule has 0 aliphatic rings. The van der Waals surface area contributed by atoms with Crippen LogP contribution in [-0.4, -0.2) is 25.3 Å². The summed E-state index contributed by atoms with van der Waals surface area (Å²) in [6.07, 6.45) is -4.89. The number of carbonyl (C=O) groups excluding carboxylic acids is 1. The SMILES string of the molecule is Cn1c(=O)n(CC(=O)OC(C)(C)C)c(=O)n(-c2cc(Oc3c(F)cc(C(F)(F)F)cc3Cl)ccc2F)c1=O. The maximum atomic E-state index is 14.8. The fourth-order valence-corrected chi connectivity index (χ4v) is 3.45. The molecule has 0 spiro atoms. The van der Waals surface area contributed by atoms with E-state index in [0.717, 1.165) is 25.2 Å². The van der Waals surface area contributed by atoms with Crippen LogP contribution >= 0.6 is 11.6 Å². The molecule has 3 rings (SSSR count). The van der Waals surface area contributed by atoms with E-state index in [1.54, 1.807) is 20.8 Å². The average Bonchev–Trinajstić information content (AvgIpc) is 2.77. The number of aromatic nitrogens is 3. The number of alkyl halides is 3. The fraction of sp³-hybridized carbons (Fsp3) is 0.304. The zero-order valence-corrected chi connectivity index (χ0v) is 20.9. The van der Waals surface area contributed by atoms with Crippen LogP contribution in [0, 0.1) is 11.6 Å². The summed E-state index contributed by atoms with van der Waals surface area (Å²) in [5, 5.41) is -0.762. The quantitative estimate of drug-likeness (QED) is 0.346. The molecule has 0 amide bonds. The van der Waals surface area contributed by atoms with Gasteiger partial charge in [0.1, 0.15) is 23.7 Å². The number of hydrogen-bond acceptors (Lipinski definition) is 6. The van der Waals surface area contributed by atoms with Crippen molar-refractivity contribution in [3.8, 4) is 17.2 Å². The number of halogens is 6. The van der Waals surface area contributed by atoms with Crippen molar-refractivity contribution in [2.45, 2.75) is 39.1 Å². The second-order valence-electron chi connectivity index (χ2n) is 8.90. The molecule has 0 N–H and O–H groups in total. The monoisotopic (exact) mass is 563 g/mol. The van der Waals surface area contributed by atoms with Crippen LogP contribution in [-0.2, 0) is 29.3 Å². The summed E-state index contributed by atoms with van der Waals surface area (Å²) in [7, 11) is 0.974. The van der Waals surface area contributed by atoms with Crippen LogP contribution in [0.1, 0.15) is 26.3 Å². The minimum Gasteiger partial charge on any atom is -0.459 e. The third kappa shape index (κ3) is 5.96. The molecule has 15 heteroatoms. The highest BCUT2D eigenvalue weighted by atomic mass is 35.5. The highest BCUT2D eigenvalue weighted by molar-refractivity contribution is 6.32. The van der Waals surface area contributed by atoms with E-state index < -0.39 is 80.8 Å². The van der Waals surface area contributed by atoms with Gasteiger partial charge in [-0.15, -0.1) is 0 Å². The molecule has 0 bridgehead atoms. The molecule has 38 heavy (non-hydrogen) atoms. The van der Waals surface area contributed by atoms with Gasteiger partial charge in [0.15, 0.2) is 11.6 Å². The summed E-state index contributed by atoms with van der Waals surface area (Å²) < 4.78 is 79.1. The van der Waals surface area contributed by atoms with Gasteiger partial charge in [0.25, 0.3) is 0 Å². The lowest BCUT2D eigenvalue weighted by Gasteiger charge is -2.20. The molecule has 0 aliphatic heterocycles. The summed E-state index contributed by atoms with van der Waals surface area (Å²) in [5.41, 5.74) is -7.00. The third-order valence-corrected chi connectivity index (χ3v) is 5.11. The second kappa shape index (κ2) is 10.1. The van der Waals surface area contributed by atoms with Gasteiger partial charge in [-0.2, -0.15) is 13.2 Å². The van der Waals surface area contributed by atoms with Crippen molar-refractivity contribution in [1.82, 2.24) is 13.7 Å². The highest BCUT2D eigenvalue weighted by Gasteiger charge is 2.33. The number of benzene rings is 2. The first kappa shape index (κ1) is 28.6. The Hall–Kier alpha value is -3.94. The number of rotatable bonds is 5. The molecular formula is C23H19ClF5N3O6. The molecule has 3 aromatic rings. The van der Waals surface area contributed by atoms with Gasteiger partial charge in [0.05, 0.1) is 16.3 Å². The Labute approximate surface area is 215 Å². The number of esters is 1. The van der Waals surface area contributed by atoms with E-state index in [0.29, 0.717) is 15.2 Å². The lowest BCUT2D eigenvalue weighted by molar-refractivity contribution is -0.155. The molecule has 204 valence electrons. The summed E-state index contributed by atoms with van der Waals surface area (Å²) in [4.78, 5) is 50.5. The van der Waals surface area contributed by atoms with Crippen LogP contribution in [0.2, 0.25) is 5.02 Å². The number of ether oxygens (including phenoxy) is 2. The smallest absolute Gasteiger partial charge is 0.416 e. The van der Waals surface area contributed by atoms with Crippen LogP contribution in [0.4, 0.5) is 22.0 Å². The summed E-state index contributed by atoms with van der Waals surface area (Å²) in [5.74, 6) is -4.92. The Morgan fingerprint density at radius 1 is 0.947 bits per heavy atom. The standard InChI is InChI=1S/C23H19ClF5N3O6/c1-22(2,3)38-17(33)10-31-19(34)30(4)20(35)32(21(31)36)16-9-12(5-6-14(16)25)37-18-13(24)7-11(8-15(18)26)23(27,28)29/h5-9H,10H2,1-4H3. The average molecular weight is 564 g/mol. The van der Waals surface area contributed by atoms with Gasteiger partial charge in [0, 0.05) is 13.1 Å². The summed E-state index contributed by atoms with van der Waals surface area (Å²) in [6.45, 7) is 3.71. The van der Waals surface area contributed by atoms with Crippen molar-refractivity contribution < 1.29 is 36.2 Å². The molecule has 0 saturated heterocycles. The third-order valence-electron chi connectivity index (χ3n) is 4.83. The van der Waals surface area contributed by atoms with Gasteiger partial charge >= 0.3 is 29.2 Å². The van der Waals surface area contributed by atoms with Crippen molar-refractivity contribution in [3.63, 3.8) is 0 Å². The minimum atomic E-state index is -4.89. The molecule has 1 aromatic heterocycles. The molecule has 0 fully saturated rings. The van der Waals surface area contributed by atoms with Gasteiger partial charge in [-0.05, 0) is 45.0 Å². The summed E-state index contributed by atoms with van der Waals surface area (Å²) in [6, 6.07) is 2.96. The minimum absolute atomic E-state index is 0.137. The first-order valence-electron chi connectivity index (χ1n) is 10.6. The zero-order chi connectivity index (χ0) is 28.7. The van der Waals surface area contributed by atoms with Gasteiger partial charge in [0.2, 0.25) is 0 Å². The number of nitrogens with zero attached hydrogens (tertiary/aromatic N) is 3. The maximum absolute atomic E-state index is 14.8. The Morgan fingerprint density at radius 2 is 1.58 bits per heavy atom. The second-order valence-corrected chi connectivity index (χ2v) is 9.30. The van der Waals surface area contributed by atoms with Crippen LogP contribution in [0.15, 0.2) is 44.7 Å². The molecular weight excluding hydrogens is 545 g/mol. The number of hydrogen-bond donors (Lipinski definition) is 0. The topological polar surface area (TPSA) is 102 Å². The molecule has 1 heterocycles. The lowest BCUT2D eigenvalue weighted by Crippen LogP contribution is -2.54. The van der Waals surface area contributed by atoms with Gasteiger partial charge in [-0.25, -0.2) is 36.9 Å². The van der Waals surface area contributed by atoms with Gasteiger partial charge in [-0.1, -0.05) is 11.6 Å². The molecule has 0 unspecified atom stereocenters. The molecule has 9 nitrogen and oxygen atoms in total. The van der Waals surface area contributed by atoms with Crippen molar-refractivity contribution >= 4 is 17.6 Å². The number of carbonyl (C=O) groups is 1. The Bertz CT molecular complexity index is 1580. The van der Waals surface area contributed by atoms with E-state index in [1.165, 1.54) is 0 Å². The first-order chi connectivity index (χ1) is 17.4. The zero-order valence-electron chi connectivity index (χ0n) is 20.2. The predicted molar refractivity (Wildman–Crippen MR) is 124 cm³/mol.